The molecule has 1 aliphatic carbocycles. The number of aryl methyl sites for hydroxylation is 2. The van der Waals surface area contributed by atoms with Crippen molar-refractivity contribution in [3.8, 4) is 11.3 Å². The molecule has 2 aromatic heterocycles. The van der Waals surface area contributed by atoms with Crippen molar-refractivity contribution >= 4 is 5.82 Å². The number of fused-ring (bicyclic) bond motifs is 1. The lowest BCUT2D eigenvalue weighted by Gasteiger charge is -2.19. The van der Waals surface area contributed by atoms with Gasteiger partial charge in [0.15, 0.2) is 0 Å². The maximum absolute atomic E-state index is 4.64. The van der Waals surface area contributed by atoms with Gasteiger partial charge in [-0.3, -0.25) is 5.10 Å². The van der Waals surface area contributed by atoms with E-state index >= 15 is 0 Å². The minimum Gasteiger partial charge on any atom is -0.366 e. The van der Waals surface area contributed by atoms with Crippen molar-refractivity contribution in [2.75, 3.05) is 5.32 Å². The van der Waals surface area contributed by atoms with Crippen LogP contribution < -0.4 is 5.32 Å². The van der Waals surface area contributed by atoms with Gasteiger partial charge in [-0.25, -0.2) is 9.97 Å². The summed E-state index contributed by atoms with van der Waals surface area (Å²) in [4.78, 5) is 9.25. The zero-order valence-corrected chi connectivity index (χ0v) is 13.8. The zero-order chi connectivity index (χ0) is 16.4. The fraction of sp³-hybridized carbons (Fsp3) is 0.316. The Morgan fingerprint density at radius 2 is 2.04 bits per heavy atom. The summed E-state index contributed by atoms with van der Waals surface area (Å²) in [7, 11) is 0. The summed E-state index contributed by atoms with van der Waals surface area (Å²) in [6.07, 6.45) is 6.38. The maximum Gasteiger partial charge on any atom is 0.133 e. The second-order valence-electron chi connectivity index (χ2n) is 6.28. The van der Waals surface area contributed by atoms with E-state index < -0.39 is 0 Å². The van der Waals surface area contributed by atoms with E-state index in [0.717, 1.165) is 42.3 Å². The van der Waals surface area contributed by atoms with E-state index in [4.69, 9.17) is 0 Å². The number of aromatic amines is 1. The lowest BCUT2D eigenvalue weighted by molar-refractivity contribution is 0.659. The Morgan fingerprint density at radius 3 is 2.92 bits per heavy atom. The number of H-pyrrole nitrogens is 1. The quantitative estimate of drug-likeness (QED) is 0.770. The van der Waals surface area contributed by atoms with Gasteiger partial charge in [0.05, 0.1) is 5.69 Å². The Hall–Kier alpha value is -2.69. The predicted molar refractivity (Wildman–Crippen MR) is 94.8 cm³/mol. The largest absolute Gasteiger partial charge is 0.366 e. The molecule has 0 bridgehead atoms. The van der Waals surface area contributed by atoms with Crippen LogP contribution in [0.3, 0.4) is 0 Å². The maximum atomic E-state index is 4.64. The molecular formula is C19H21N5. The number of hydrogen-bond acceptors (Lipinski definition) is 4. The second-order valence-corrected chi connectivity index (χ2v) is 6.28. The molecule has 2 heterocycles. The number of anilines is 1. The highest BCUT2D eigenvalue weighted by atomic mass is 15.1. The molecule has 122 valence electrons. The zero-order valence-electron chi connectivity index (χ0n) is 13.8. The second kappa shape index (κ2) is 6.43. The van der Waals surface area contributed by atoms with Crippen LogP contribution in [-0.2, 0) is 19.4 Å². The first-order valence-corrected chi connectivity index (χ1v) is 8.48. The van der Waals surface area contributed by atoms with Gasteiger partial charge in [0.25, 0.3) is 0 Å². The SMILES string of the molecule is Cc1nc2c(c(NCc3cccc(-c4ccn[nH]4)c3)n1)CCCC2. The van der Waals surface area contributed by atoms with Gasteiger partial charge in [0, 0.05) is 24.0 Å². The number of rotatable bonds is 4. The average Bonchev–Trinajstić information content (AvgIpc) is 3.14. The third kappa shape index (κ3) is 3.02. The van der Waals surface area contributed by atoms with Crippen LogP contribution in [0.15, 0.2) is 36.5 Å². The third-order valence-electron chi connectivity index (χ3n) is 4.49. The first kappa shape index (κ1) is 14.9. The predicted octanol–water partition coefficient (Wildman–Crippen LogP) is 3.67. The number of nitrogens with zero attached hydrogens (tertiary/aromatic N) is 3. The van der Waals surface area contributed by atoms with Crippen molar-refractivity contribution in [1.82, 2.24) is 20.2 Å². The molecule has 0 unspecified atom stereocenters. The van der Waals surface area contributed by atoms with Gasteiger partial charge >= 0.3 is 0 Å². The molecule has 24 heavy (non-hydrogen) atoms. The highest BCUT2D eigenvalue weighted by Crippen LogP contribution is 2.26. The van der Waals surface area contributed by atoms with Crippen molar-refractivity contribution in [2.45, 2.75) is 39.2 Å². The van der Waals surface area contributed by atoms with Crippen LogP contribution in [0.1, 0.15) is 35.5 Å². The van der Waals surface area contributed by atoms with E-state index in [9.17, 15) is 0 Å². The molecule has 0 fully saturated rings. The van der Waals surface area contributed by atoms with Crippen LogP contribution in [0, 0.1) is 6.92 Å². The van der Waals surface area contributed by atoms with Gasteiger partial charge in [-0.1, -0.05) is 18.2 Å². The minimum absolute atomic E-state index is 0.755. The summed E-state index contributed by atoms with van der Waals surface area (Å²) >= 11 is 0. The van der Waals surface area contributed by atoms with Crippen molar-refractivity contribution in [3.05, 3.63) is 59.2 Å². The fourth-order valence-electron chi connectivity index (χ4n) is 3.31. The van der Waals surface area contributed by atoms with E-state index in [-0.39, 0.29) is 0 Å². The monoisotopic (exact) mass is 319 g/mol. The molecule has 0 saturated carbocycles. The smallest absolute Gasteiger partial charge is 0.133 e. The standard InChI is InChI=1S/C19H21N5/c1-13-22-18-8-3-2-7-16(18)19(23-13)20-12-14-5-4-6-15(11-14)17-9-10-21-24-17/h4-6,9-11H,2-3,7-8,12H2,1H3,(H,21,24)(H,20,22,23). The van der Waals surface area contributed by atoms with E-state index in [2.05, 4.69) is 49.7 Å². The molecule has 2 N–H and O–H groups in total. The number of nitrogens with one attached hydrogen (secondary N) is 2. The first-order valence-electron chi connectivity index (χ1n) is 8.48. The summed E-state index contributed by atoms with van der Waals surface area (Å²) < 4.78 is 0. The van der Waals surface area contributed by atoms with Crippen LogP contribution in [0.25, 0.3) is 11.3 Å². The van der Waals surface area contributed by atoms with Crippen LogP contribution in [-0.4, -0.2) is 20.2 Å². The molecule has 5 nitrogen and oxygen atoms in total. The van der Waals surface area contributed by atoms with E-state index in [1.165, 1.54) is 29.7 Å². The summed E-state index contributed by atoms with van der Waals surface area (Å²) in [6, 6.07) is 10.5. The molecule has 1 aliphatic rings. The molecule has 0 spiro atoms. The number of benzene rings is 1. The summed E-state index contributed by atoms with van der Waals surface area (Å²) in [5.41, 5.74) is 5.93. The molecule has 0 aliphatic heterocycles. The van der Waals surface area contributed by atoms with Crippen LogP contribution in [0.2, 0.25) is 0 Å². The van der Waals surface area contributed by atoms with Crippen LogP contribution in [0.5, 0.6) is 0 Å². The number of aromatic nitrogens is 4. The lowest BCUT2D eigenvalue weighted by Crippen LogP contribution is -2.13. The van der Waals surface area contributed by atoms with Crippen LogP contribution in [0.4, 0.5) is 5.82 Å². The van der Waals surface area contributed by atoms with Gasteiger partial charge in [-0.2, -0.15) is 5.10 Å². The van der Waals surface area contributed by atoms with Gasteiger partial charge < -0.3 is 5.32 Å². The third-order valence-corrected chi connectivity index (χ3v) is 4.49. The first-order chi connectivity index (χ1) is 11.8. The van der Waals surface area contributed by atoms with Gasteiger partial charge in [-0.15, -0.1) is 0 Å². The van der Waals surface area contributed by atoms with Gasteiger partial charge in [0.1, 0.15) is 11.6 Å². The van der Waals surface area contributed by atoms with E-state index in [1.54, 1.807) is 6.20 Å². The highest BCUT2D eigenvalue weighted by molar-refractivity contribution is 5.59. The molecule has 0 amide bonds. The van der Waals surface area contributed by atoms with Gasteiger partial charge in [0.2, 0.25) is 0 Å². The van der Waals surface area contributed by atoms with Crippen molar-refractivity contribution in [1.29, 1.82) is 0 Å². The highest BCUT2D eigenvalue weighted by Gasteiger charge is 2.16. The van der Waals surface area contributed by atoms with Crippen LogP contribution >= 0.6 is 0 Å². The summed E-state index contributed by atoms with van der Waals surface area (Å²) in [5.74, 6) is 1.86. The van der Waals surface area contributed by atoms with Crippen molar-refractivity contribution in [2.24, 2.45) is 0 Å². The molecular weight excluding hydrogens is 298 g/mol. The molecule has 0 radical (unpaired) electrons. The Balaban J connectivity index is 1.55. The Morgan fingerprint density at radius 1 is 1.12 bits per heavy atom. The number of hydrogen-bond donors (Lipinski definition) is 2. The Bertz CT molecular complexity index is 839. The summed E-state index contributed by atoms with van der Waals surface area (Å²) in [6.45, 7) is 2.73. The Labute approximate surface area is 141 Å². The topological polar surface area (TPSA) is 66.5 Å². The van der Waals surface area contributed by atoms with Crippen molar-refractivity contribution in [3.63, 3.8) is 0 Å². The molecule has 5 heteroatoms. The summed E-state index contributed by atoms with van der Waals surface area (Å²) in [5, 5.41) is 10.6. The molecule has 1 aromatic carbocycles. The Kier molecular flexibility index (Phi) is 3.99. The molecule has 3 aromatic rings. The lowest BCUT2D eigenvalue weighted by atomic mass is 9.96. The van der Waals surface area contributed by atoms with Gasteiger partial charge in [-0.05, 0) is 55.9 Å². The van der Waals surface area contributed by atoms with Crippen molar-refractivity contribution < 1.29 is 0 Å². The average molecular weight is 319 g/mol. The molecule has 0 atom stereocenters. The van der Waals surface area contributed by atoms with E-state index in [1.807, 2.05) is 13.0 Å². The minimum atomic E-state index is 0.755. The fourth-order valence-corrected chi connectivity index (χ4v) is 3.31. The molecule has 4 rings (SSSR count). The van der Waals surface area contributed by atoms with E-state index in [0.29, 0.717) is 0 Å². The molecule has 0 saturated heterocycles. The normalized spacial score (nSPS) is 13.5.